The fourth-order valence-corrected chi connectivity index (χ4v) is 2.45. The number of hydrogen-bond acceptors (Lipinski definition) is 2. The van der Waals surface area contributed by atoms with Crippen LogP contribution in [0.15, 0.2) is 42.5 Å². The second kappa shape index (κ2) is 8.53. The maximum absolute atomic E-state index is 12.1. The molecule has 0 aliphatic heterocycles. The van der Waals surface area contributed by atoms with Gasteiger partial charge in [0.2, 0.25) is 0 Å². The predicted octanol–water partition coefficient (Wildman–Crippen LogP) is 4.13. The summed E-state index contributed by atoms with van der Waals surface area (Å²) in [6.45, 7) is 8.63. The SMILES string of the molecule is Cc1ccc(CCCNC(=O)[C@H](C)Oc2ccc(C)c(C)c2)cc1. The maximum atomic E-state index is 12.1. The van der Waals surface area contributed by atoms with Crippen molar-refractivity contribution in [2.24, 2.45) is 0 Å². The molecule has 0 saturated heterocycles. The molecule has 2 rings (SSSR count). The topological polar surface area (TPSA) is 38.3 Å². The van der Waals surface area contributed by atoms with E-state index in [9.17, 15) is 4.79 Å². The number of aryl methyl sites for hydroxylation is 4. The Hall–Kier alpha value is -2.29. The molecule has 128 valence electrons. The van der Waals surface area contributed by atoms with Gasteiger partial charge < -0.3 is 10.1 Å². The van der Waals surface area contributed by atoms with Gasteiger partial charge in [0.25, 0.3) is 5.91 Å². The first-order valence-electron chi connectivity index (χ1n) is 8.53. The molecule has 2 aromatic rings. The van der Waals surface area contributed by atoms with Crippen LogP contribution in [-0.2, 0) is 11.2 Å². The standard InChI is InChI=1S/C21H27NO2/c1-15-7-10-19(11-8-15)6-5-13-22-21(23)18(4)24-20-12-9-16(2)17(3)14-20/h7-12,14,18H,5-6,13H2,1-4H3,(H,22,23)/t18-/m0/s1. The molecular formula is C21H27NO2. The van der Waals surface area contributed by atoms with Gasteiger partial charge in [0, 0.05) is 6.54 Å². The summed E-state index contributed by atoms with van der Waals surface area (Å²) in [6, 6.07) is 14.4. The Morgan fingerprint density at radius 3 is 2.42 bits per heavy atom. The highest BCUT2D eigenvalue weighted by atomic mass is 16.5. The summed E-state index contributed by atoms with van der Waals surface area (Å²) < 4.78 is 5.73. The Morgan fingerprint density at radius 1 is 1.04 bits per heavy atom. The van der Waals surface area contributed by atoms with E-state index in [1.165, 1.54) is 22.3 Å². The molecule has 0 saturated carbocycles. The zero-order valence-corrected chi connectivity index (χ0v) is 15.1. The Morgan fingerprint density at radius 2 is 1.75 bits per heavy atom. The third-order valence-corrected chi connectivity index (χ3v) is 4.22. The minimum atomic E-state index is -0.494. The smallest absolute Gasteiger partial charge is 0.260 e. The Balaban J connectivity index is 1.73. The largest absolute Gasteiger partial charge is 0.481 e. The van der Waals surface area contributed by atoms with E-state index in [1.807, 2.05) is 25.1 Å². The molecule has 0 unspecified atom stereocenters. The van der Waals surface area contributed by atoms with Gasteiger partial charge in [-0.2, -0.15) is 0 Å². The summed E-state index contributed by atoms with van der Waals surface area (Å²) in [5, 5.41) is 2.95. The second-order valence-corrected chi connectivity index (χ2v) is 6.39. The third-order valence-electron chi connectivity index (χ3n) is 4.22. The van der Waals surface area contributed by atoms with Gasteiger partial charge in [-0.1, -0.05) is 35.9 Å². The lowest BCUT2D eigenvalue weighted by Gasteiger charge is -2.15. The number of rotatable bonds is 7. The number of ether oxygens (including phenoxy) is 1. The van der Waals surface area contributed by atoms with E-state index in [0.29, 0.717) is 6.54 Å². The van der Waals surface area contributed by atoms with Gasteiger partial charge >= 0.3 is 0 Å². The number of amides is 1. The average molecular weight is 325 g/mol. The van der Waals surface area contributed by atoms with Crippen LogP contribution in [0, 0.1) is 20.8 Å². The molecule has 0 aliphatic rings. The van der Waals surface area contributed by atoms with Crippen LogP contribution >= 0.6 is 0 Å². The molecule has 1 atom stereocenters. The van der Waals surface area contributed by atoms with E-state index < -0.39 is 6.10 Å². The normalized spacial score (nSPS) is 11.8. The second-order valence-electron chi connectivity index (χ2n) is 6.39. The first-order chi connectivity index (χ1) is 11.5. The van der Waals surface area contributed by atoms with Crippen LogP contribution in [0.1, 0.15) is 35.6 Å². The predicted molar refractivity (Wildman–Crippen MR) is 98.5 cm³/mol. The van der Waals surface area contributed by atoms with Crippen LogP contribution in [0.25, 0.3) is 0 Å². The summed E-state index contributed by atoms with van der Waals surface area (Å²) in [6.07, 6.45) is 1.39. The van der Waals surface area contributed by atoms with E-state index in [1.54, 1.807) is 6.92 Å². The lowest BCUT2D eigenvalue weighted by Crippen LogP contribution is -2.36. The summed E-state index contributed by atoms with van der Waals surface area (Å²) in [5.41, 5.74) is 4.95. The summed E-state index contributed by atoms with van der Waals surface area (Å²) in [7, 11) is 0. The highest BCUT2D eigenvalue weighted by molar-refractivity contribution is 5.80. The van der Waals surface area contributed by atoms with Crippen LogP contribution in [0.2, 0.25) is 0 Å². The minimum Gasteiger partial charge on any atom is -0.481 e. The maximum Gasteiger partial charge on any atom is 0.260 e. The van der Waals surface area contributed by atoms with Crippen LogP contribution < -0.4 is 10.1 Å². The molecule has 0 bridgehead atoms. The van der Waals surface area contributed by atoms with E-state index >= 15 is 0 Å². The van der Waals surface area contributed by atoms with E-state index in [0.717, 1.165) is 18.6 Å². The number of carbonyl (C=O) groups is 1. The van der Waals surface area contributed by atoms with Gasteiger partial charge in [0.05, 0.1) is 0 Å². The van der Waals surface area contributed by atoms with Crippen molar-refractivity contribution < 1.29 is 9.53 Å². The monoisotopic (exact) mass is 325 g/mol. The van der Waals surface area contributed by atoms with Crippen LogP contribution in [0.3, 0.4) is 0 Å². The van der Waals surface area contributed by atoms with Crippen LogP contribution in [-0.4, -0.2) is 18.6 Å². The van der Waals surface area contributed by atoms with Gasteiger partial charge in [0.1, 0.15) is 5.75 Å². The number of carbonyl (C=O) groups excluding carboxylic acids is 1. The number of hydrogen-bond donors (Lipinski definition) is 1. The molecule has 24 heavy (non-hydrogen) atoms. The number of benzene rings is 2. The first kappa shape index (κ1) is 18.1. The van der Waals surface area contributed by atoms with Gasteiger partial charge in [-0.05, 0) is 69.4 Å². The van der Waals surface area contributed by atoms with Gasteiger partial charge in [-0.25, -0.2) is 0 Å². The summed E-state index contributed by atoms with van der Waals surface area (Å²) in [5.74, 6) is 0.664. The van der Waals surface area contributed by atoms with Crippen molar-refractivity contribution in [1.82, 2.24) is 5.32 Å². The molecule has 1 amide bonds. The molecular weight excluding hydrogens is 298 g/mol. The molecule has 0 spiro atoms. The van der Waals surface area contributed by atoms with Crippen molar-refractivity contribution in [3.63, 3.8) is 0 Å². The highest BCUT2D eigenvalue weighted by Crippen LogP contribution is 2.17. The van der Waals surface area contributed by atoms with Crippen LogP contribution in [0.4, 0.5) is 0 Å². The first-order valence-corrected chi connectivity index (χ1v) is 8.53. The van der Waals surface area contributed by atoms with Gasteiger partial charge in [-0.3, -0.25) is 4.79 Å². The fourth-order valence-electron chi connectivity index (χ4n) is 2.45. The number of nitrogens with one attached hydrogen (secondary N) is 1. The van der Waals surface area contributed by atoms with Crippen molar-refractivity contribution >= 4 is 5.91 Å². The Bertz CT molecular complexity index is 677. The Kier molecular flexibility index (Phi) is 6.42. The zero-order valence-electron chi connectivity index (χ0n) is 15.1. The molecule has 2 aromatic carbocycles. The summed E-state index contributed by atoms with van der Waals surface area (Å²) >= 11 is 0. The lowest BCUT2D eigenvalue weighted by molar-refractivity contribution is -0.127. The van der Waals surface area contributed by atoms with Crippen molar-refractivity contribution in [2.75, 3.05) is 6.54 Å². The molecule has 3 heteroatoms. The van der Waals surface area contributed by atoms with Gasteiger partial charge in [-0.15, -0.1) is 0 Å². The molecule has 0 aliphatic carbocycles. The van der Waals surface area contributed by atoms with Crippen molar-refractivity contribution in [1.29, 1.82) is 0 Å². The Labute approximate surface area is 145 Å². The minimum absolute atomic E-state index is 0.0721. The quantitative estimate of drug-likeness (QED) is 0.777. The van der Waals surface area contributed by atoms with Crippen LogP contribution in [0.5, 0.6) is 5.75 Å². The van der Waals surface area contributed by atoms with Crippen molar-refractivity contribution in [3.05, 3.63) is 64.7 Å². The molecule has 0 radical (unpaired) electrons. The molecule has 1 N–H and O–H groups in total. The molecule has 0 heterocycles. The zero-order chi connectivity index (χ0) is 17.5. The van der Waals surface area contributed by atoms with Crippen molar-refractivity contribution in [2.45, 2.75) is 46.6 Å². The van der Waals surface area contributed by atoms with Gasteiger partial charge in [0.15, 0.2) is 6.10 Å². The van der Waals surface area contributed by atoms with E-state index in [2.05, 4.69) is 43.4 Å². The molecule has 3 nitrogen and oxygen atoms in total. The van der Waals surface area contributed by atoms with E-state index in [-0.39, 0.29) is 5.91 Å². The highest BCUT2D eigenvalue weighted by Gasteiger charge is 2.14. The third kappa shape index (κ3) is 5.41. The van der Waals surface area contributed by atoms with E-state index in [4.69, 9.17) is 4.74 Å². The summed E-state index contributed by atoms with van der Waals surface area (Å²) in [4.78, 5) is 12.1. The average Bonchev–Trinajstić information content (AvgIpc) is 2.56. The lowest BCUT2D eigenvalue weighted by atomic mass is 10.1. The fraction of sp³-hybridized carbons (Fsp3) is 0.381. The molecule has 0 aromatic heterocycles. The van der Waals surface area contributed by atoms with Crippen molar-refractivity contribution in [3.8, 4) is 5.75 Å². The molecule has 0 fully saturated rings.